The molecule has 0 amide bonds. The van der Waals surface area contributed by atoms with Crippen LogP contribution in [0.4, 0.5) is 11.4 Å². The van der Waals surface area contributed by atoms with Gasteiger partial charge in [-0.1, -0.05) is 0 Å². The molecule has 1 heterocycles. The maximum Gasteiger partial charge on any atom is 0.501 e. The summed E-state index contributed by atoms with van der Waals surface area (Å²) in [6.45, 7) is 0.157. The number of aliphatic hydroxyl groups is 1. The molecule has 2 rings (SSSR count). The number of nitrogens with two attached hydrogens (primary N) is 1. The van der Waals surface area contributed by atoms with E-state index in [9.17, 15) is 8.42 Å². The van der Waals surface area contributed by atoms with Gasteiger partial charge in [0.05, 0.1) is 19.4 Å². The molecule has 100 valence electrons. The van der Waals surface area contributed by atoms with E-state index in [1.807, 2.05) is 0 Å². The summed E-state index contributed by atoms with van der Waals surface area (Å²) >= 11 is 0. The molecule has 0 atom stereocenters. The lowest BCUT2D eigenvalue weighted by atomic mass is 10.2. The number of nitrogen functional groups attached to an aromatic ring is 1. The summed E-state index contributed by atoms with van der Waals surface area (Å²) in [7, 11) is -2.81. The van der Waals surface area contributed by atoms with Gasteiger partial charge in [0.2, 0.25) is 5.75 Å². The summed E-state index contributed by atoms with van der Waals surface area (Å²) in [5.41, 5.74) is 6.12. The number of benzene rings is 1. The Bertz CT molecular complexity index is 571. The highest BCUT2D eigenvalue weighted by Crippen LogP contribution is 2.49. The highest BCUT2D eigenvalue weighted by molar-refractivity contribution is 7.82. The number of aliphatic hydroxyl groups excluding tert-OH is 1. The Morgan fingerprint density at radius 3 is 2.83 bits per heavy atom. The molecule has 1 aromatic carbocycles. The Balaban J connectivity index is 2.53. The normalized spacial score (nSPS) is 15.4. The van der Waals surface area contributed by atoms with E-state index >= 15 is 0 Å². The van der Waals surface area contributed by atoms with Crippen molar-refractivity contribution < 1.29 is 26.6 Å². The van der Waals surface area contributed by atoms with Gasteiger partial charge < -0.3 is 29.3 Å². The van der Waals surface area contributed by atoms with Crippen LogP contribution in [0.25, 0.3) is 0 Å². The first-order valence-electron chi connectivity index (χ1n) is 4.97. The number of hydrogen-bond acceptors (Lipinski definition) is 8. The fraction of sp³-hybridized carbons (Fsp3) is 0.333. The van der Waals surface area contributed by atoms with Gasteiger partial charge in [0.15, 0.2) is 11.5 Å². The molecule has 18 heavy (non-hydrogen) atoms. The fourth-order valence-corrected chi connectivity index (χ4v) is 2.30. The van der Waals surface area contributed by atoms with Gasteiger partial charge in [0.25, 0.3) is 0 Å². The topological polar surface area (TPSA) is 120 Å². The van der Waals surface area contributed by atoms with Gasteiger partial charge in [-0.15, -0.1) is 8.42 Å². The van der Waals surface area contributed by atoms with E-state index in [-0.39, 0.29) is 36.1 Å². The van der Waals surface area contributed by atoms with Gasteiger partial charge in [-0.25, -0.2) is 0 Å². The van der Waals surface area contributed by atoms with Crippen LogP contribution in [-0.4, -0.2) is 33.8 Å². The first kappa shape index (κ1) is 12.6. The summed E-state index contributed by atoms with van der Waals surface area (Å²) in [4.78, 5) is 0. The SMILES string of the molecule is COc1c(NCCO)cc2c(N)c1OS(=O)(=O)O2. The molecule has 0 spiro atoms. The average molecular weight is 276 g/mol. The molecule has 0 aliphatic carbocycles. The maximum atomic E-state index is 11.3. The summed E-state index contributed by atoms with van der Waals surface area (Å²) in [6.07, 6.45) is 0. The second kappa shape index (κ2) is 4.42. The van der Waals surface area contributed by atoms with Crippen molar-refractivity contribution in [3.63, 3.8) is 0 Å². The van der Waals surface area contributed by atoms with Crippen LogP contribution in [0.3, 0.4) is 0 Å². The zero-order valence-corrected chi connectivity index (χ0v) is 10.3. The fourth-order valence-electron chi connectivity index (χ4n) is 1.54. The standard InChI is InChI=1S/C9H12N2O6S/c1-15-8-5(11-2-3-12)4-6-7(10)9(8)17-18(13,14)16-6/h4,11-12H,2-3,10H2,1H3. The van der Waals surface area contributed by atoms with E-state index in [1.54, 1.807) is 0 Å². The highest BCUT2D eigenvalue weighted by atomic mass is 32.3. The third-order valence-electron chi connectivity index (χ3n) is 2.24. The van der Waals surface area contributed by atoms with Crippen molar-refractivity contribution in [1.82, 2.24) is 0 Å². The smallest absolute Gasteiger partial charge is 0.491 e. The lowest BCUT2D eigenvalue weighted by Crippen LogP contribution is -2.23. The van der Waals surface area contributed by atoms with Gasteiger partial charge >= 0.3 is 10.4 Å². The summed E-state index contributed by atoms with van der Waals surface area (Å²) in [5, 5.41) is 11.6. The third-order valence-corrected chi connectivity index (χ3v) is 3.00. The second-order valence-electron chi connectivity index (χ2n) is 3.42. The van der Waals surface area contributed by atoms with Gasteiger partial charge in [-0.3, -0.25) is 0 Å². The van der Waals surface area contributed by atoms with Gasteiger partial charge in [0.1, 0.15) is 5.69 Å². The Labute approximate surface area is 104 Å². The zero-order chi connectivity index (χ0) is 13.3. The monoisotopic (exact) mass is 276 g/mol. The van der Waals surface area contributed by atoms with Crippen LogP contribution < -0.4 is 24.2 Å². The zero-order valence-electron chi connectivity index (χ0n) is 9.47. The molecule has 0 saturated carbocycles. The minimum Gasteiger partial charge on any atom is -0.491 e. The largest absolute Gasteiger partial charge is 0.501 e. The minimum absolute atomic E-state index is 0.0382. The van der Waals surface area contributed by atoms with Crippen molar-refractivity contribution in [2.45, 2.75) is 0 Å². The van der Waals surface area contributed by atoms with Crippen LogP contribution >= 0.6 is 0 Å². The predicted molar refractivity (Wildman–Crippen MR) is 63.2 cm³/mol. The summed E-state index contributed by atoms with van der Waals surface area (Å²) < 4.78 is 36.9. The number of fused-ring (bicyclic) bond motifs is 2. The Morgan fingerprint density at radius 1 is 1.50 bits per heavy atom. The molecule has 1 aliphatic rings. The van der Waals surface area contributed by atoms with Gasteiger partial charge in [-0.2, -0.15) is 0 Å². The van der Waals surface area contributed by atoms with Crippen LogP contribution in [0.2, 0.25) is 0 Å². The van der Waals surface area contributed by atoms with Crippen LogP contribution in [-0.2, 0) is 10.4 Å². The van der Waals surface area contributed by atoms with E-state index in [0.29, 0.717) is 5.69 Å². The van der Waals surface area contributed by atoms with Crippen LogP contribution in [0.1, 0.15) is 0 Å². The van der Waals surface area contributed by atoms with E-state index in [4.69, 9.17) is 15.6 Å². The molecule has 9 heteroatoms. The molecule has 0 aromatic heterocycles. The first-order valence-corrected chi connectivity index (χ1v) is 6.31. The first-order chi connectivity index (χ1) is 8.48. The van der Waals surface area contributed by atoms with Crippen molar-refractivity contribution in [2.75, 3.05) is 31.3 Å². The lowest BCUT2D eigenvalue weighted by Gasteiger charge is -2.22. The molecule has 2 bridgehead atoms. The van der Waals surface area contributed by atoms with E-state index in [0.717, 1.165) is 0 Å². The molecule has 0 unspecified atom stereocenters. The molecule has 1 aliphatic heterocycles. The average Bonchev–Trinajstić information content (AvgIpc) is 2.29. The molecule has 4 N–H and O–H groups in total. The van der Waals surface area contributed by atoms with Crippen molar-refractivity contribution >= 4 is 21.8 Å². The number of rotatable bonds is 4. The van der Waals surface area contributed by atoms with Crippen molar-refractivity contribution in [2.24, 2.45) is 0 Å². The van der Waals surface area contributed by atoms with E-state index < -0.39 is 10.4 Å². The molecular weight excluding hydrogens is 264 g/mol. The van der Waals surface area contributed by atoms with Gasteiger partial charge in [-0.05, 0) is 0 Å². The third kappa shape index (κ3) is 2.09. The van der Waals surface area contributed by atoms with E-state index in [2.05, 4.69) is 13.7 Å². The molecule has 1 aromatic rings. The second-order valence-corrected chi connectivity index (χ2v) is 4.57. The minimum atomic E-state index is -4.16. The number of methoxy groups -OCH3 is 1. The van der Waals surface area contributed by atoms with Gasteiger partial charge in [0, 0.05) is 12.6 Å². The van der Waals surface area contributed by atoms with Crippen LogP contribution in [0.5, 0.6) is 17.2 Å². The molecule has 0 radical (unpaired) electrons. The van der Waals surface area contributed by atoms with Crippen LogP contribution in [0, 0.1) is 0 Å². The Kier molecular flexibility index (Phi) is 3.09. The van der Waals surface area contributed by atoms with Crippen molar-refractivity contribution in [1.29, 1.82) is 0 Å². The Morgan fingerprint density at radius 2 is 2.22 bits per heavy atom. The molecule has 0 saturated heterocycles. The van der Waals surface area contributed by atoms with Crippen molar-refractivity contribution in [3.05, 3.63) is 6.07 Å². The number of hydrogen-bond donors (Lipinski definition) is 3. The molecule has 8 nitrogen and oxygen atoms in total. The number of anilines is 2. The maximum absolute atomic E-state index is 11.3. The van der Waals surface area contributed by atoms with E-state index in [1.165, 1.54) is 13.2 Å². The van der Waals surface area contributed by atoms with Crippen LogP contribution in [0.15, 0.2) is 6.07 Å². The summed E-state index contributed by atoms with van der Waals surface area (Å²) in [6, 6.07) is 1.37. The highest BCUT2D eigenvalue weighted by Gasteiger charge is 2.32. The van der Waals surface area contributed by atoms with Crippen molar-refractivity contribution in [3.8, 4) is 17.2 Å². The number of ether oxygens (including phenoxy) is 1. The number of nitrogens with one attached hydrogen (secondary N) is 1. The predicted octanol–water partition coefficient (Wildman–Crippen LogP) is -0.302. The molecular formula is C9H12N2O6S. The molecule has 0 fully saturated rings. The Hall–Kier alpha value is -1.87. The lowest BCUT2D eigenvalue weighted by molar-refractivity contribution is 0.310. The quantitative estimate of drug-likeness (QED) is 0.641. The summed E-state index contributed by atoms with van der Waals surface area (Å²) in [5.74, 6) is -0.0317.